The average molecular weight is 952 g/mol. The van der Waals surface area contributed by atoms with Gasteiger partial charge in [0.05, 0.1) is 22.9 Å². The third-order valence-electron chi connectivity index (χ3n) is 12.4. The smallest absolute Gasteiger partial charge is 0.411 e. The Labute approximate surface area is 395 Å². The number of hydrogen-bond donors (Lipinski definition) is 5. The first kappa shape index (κ1) is 54.5. The number of carbonyl (C=O) groups is 5. The maximum absolute atomic E-state index is 14.9. The number of carbonyl (C=O) groups excluding carboxylic acids is 3. The summed E-state index contributed by atoms with van der Waals surface area (Å²) < 4.78 is 61.9. The first-order chi connectivity index (χ1) is 32.3. The molecule has 1 unspecified atom stereocenters. The van der Waals surface area contributed by atoms with Crippen molar-refractivity contribution < 1.29 is 56.5 Å². The number of nitrogens with zero attached hydrogens (tertiary/aromatic N) is 2. The van der Waals surface area contributed by atoms with E-state index in [1.165, 1.54) is 31.4 Å². The molecule has 3 amide bonds. The molecule has 0 spiro atoms. The Morgan fingerprint density at radius 3 is 2.01 bits per heavy atom. The Balaban J connectivity index is 0.000000398. The van der Waals surface area contributed by atoms with Crippen molar-refractivity contribution in [2.75, 3.05) is 44.6 Å². The van der Waals surface area contributed by atoms with E-state index in [1.54, 1.807) is 24.0 Å². The van der Waals surface area contributed by atoms with E-state index in [2.05, 4.69) is 10.6 Å². The summed E-state index contributed by atoms with van der Waals surface area (Å²) in [6, 6.07) is 9.08. The van der Waals surface area contributed by atoms with Crippen molar-refractivity contribution in [1.29, 1.82) is 0 Å². The summed E-state index contributed by atoms with van der Waals surface area (Å²) in [5, 5.41) is 24.6. The largest absolute Gasteiger partial charge is 0.478 e. The van der Waals surface area contributed by atoms with Crippen molar-refractivity contribution in [3.05, 3.63) is 123 Å². The molecule has 3 atom stereocenters. The standard InChI is InChI=1S/C34H42F4N4O5.C17H23NO3/c1-5-11-42(12-6-2)32(45)34(22-15-24(36)17-25(37)16-22)29(20(4)14-26(30(34)39)31(43)44)21(7-3)19-40-10-13-47-33(46)41-28-9-8-23(35)18-27(28)38;1-3-18(15-7-5-4-6-8-15)16(19)13-9-12(2)10-14(11-13)17(20)21/h8-9,14-18,21,30,40H,5-7,10-13,19,39H2,1-4H3,(H,41,46)(H,43,44);9-11,15H,3-8H2,1-2H3,(H,20,21)/t21-,30+,34?;/m0./s1. The van der Waals surface area contributed by atoms with Gasteiger partial charge in [-0.15, -0.1) is 0 Å². The normalized spacial score (nSPS) is 17.6. The summed E-state index contributed by atoms with van der Waals surface area (Å²) in [5.74, 6) is -7.08. The van der Waals surface area contributed by atoms with Crippen LogP contribution in [0.5, 0.6) is 0 Å². The zero-order valence-corrected chi connectivity index (χ0v) is 39.7. The molecule has 1 fully saturated rings. The van der Waals surface area contributed by atoms with Crippen LogP contribution in [0.2, 0.25) is 0 Å². The fraction of sp³-hybridized carbons (Fsp3) is 0.471. The summed E-state index contributed by atoms with van der Waals surface area (Å²) in [7, 11) is 0. The van der Waals surface area contributed by atoms with Gasteiger partial charge in [-0.1, -0.05) is 40.0 Å². The van der Waals surface area contributed by atoms with Crippen molar-refractivity contribution in [3.8, 4) is 0 Å². The van der Waals surface area contributed by atoms with Gasteiger partial charge < -0.3 is 35.8 Å². The fourth-order valence-corrected chi connectivity index (χ4v) is 9.38. The highest BCUT2D eigenvalue weighted by molar-refractivity contribution is 6.00. The van der Waals surface area contributed by atoms with Crippen molar-refractivity contribution in [1.82, 2.24) is 15.1 Å². The van der Waals surface area contributed by atoms with E-state index < -0.39 is 64.6 Å². The van der Waals surface area contributed by atoms with Crippen LogP contribution in [0.15, 0.2) is 77.4 Å². The van der Waals surface area contributed by atoms with Crippen molar-refractivity contribution in [2.24, 2.45) is 11.7 Å². The molecular weight excluding hydrogens is 887 g/mol. The Bertz CT molecular complexity index is 2330. The van der Waals surface area contributed by atoms with E-state index in [4.69, 9.17) is 15.6 Å². The molecule has 5 rings (SSSR count). The van der Waals surface area contributed by atoms with Crippen LogP contribution >= 0.6 is 0 Å². The molecule has 0 aromatic heterocycles. The summed E-state index contributed by atoms with van der Waals surface area (Å²) in [6.07, 6.45) is 7.70. The molecule has 0 bridgehead atoms. The highest BCUT2D eigenvalue weighted by Gasteiger charge is 2.56. The van der Waals surface area contributed by atoms with Gasteiger partial charge in [-0.3, -0.25) is 14.9 Å². The topological polar surface area (TPSA) is 192 Å². The minimum absolute atomic E-state index is 0.0457. The monoisotopic (exact) mass is 951 g/mol. The molecule has 6 N–H and O–H groups in total. The molecule has 0 heterocycles. The number of aliphatic carboxylic acids is 1. The van der Waals surface area contributed by atoms with E-state index in [9.17, 15) is 46.6 Å². The van der Waals surface area contributed by atoms with Crippen LogP contribution in [-0.2, 0) is 19.7 Å². The molecule has 2 aliphatic rings. The number of halogens is 4. The number of nitrogens with one attached hydrogen (secondary N) is 2. The molecule has 0 radical (unpaired) electrons. The predicted molar refractivity (Wildman–Crippen MR) is 251 cm³/mol. The molecule has 68 heavy (non-hydrogen) atoms. The highest BCUT2D eigenvalue weighted by Crippen LogP contribution is 2.48. The number of amides is 3. The van der Waals surface area contributed by atoms with Gasteiger partial charge in [-0.05, 0) is 130 Å². The van der Waals surface area contributed by atoms with Crippen LogP contribution in [0.1, 0.15) is 118 Å². The number of hydrogen-bond acceptors (Lipinski definition) is 8. The number of carboxylic acids is 2. The third-order valence-corrected chi connectivity index (χ3v) is 12.4. The average Bonchev–Trinajstić information content (AvgIpc) is 3.29. The molecule has 370 valence electrons. The minimum atomic E-state index is -1.96. The molecule has 0 saturated heterocycles. The molecule has 13 nitrogen and oxygen atoms in total. The van der Waals surface area contributed by atoms with Crippen LogP contribution in [0.25, 0.3) is 0 Å². The van der Waals surface area contributed by atoms with Gasteiger partial charge in [0.2, 0.25) is 5.91 Å². The lowest BCUT2D eigenvalue weighted by Crippen LogP contribution is -2.62. The van der Waals surface area contributed by atoms with Crippen LogP contribution in [-0.4, -0.2) is 101 Å². The van der Waals surface area contributed by atoms with E-state index in [1.807, 2.05) is 39.5 Å². The second kappa shape index (κ2) is 25.3. The molecule has 1 saturated carbocycles. The number of ether oxygens (including phenoxy) is 1. The summed E-state index contributed by atoms with van der Waals surface area (Å²) in [6.45, 7) is 12.5. The number of allylic oxidation sites excluding steroid dienone is 2. The van der Waals surface area contributed by atoms with E-state index in [0.29, 0.717) is 73.8 Å². The van der Waals surface area contributed by atoms with Gasteiger partial charge in [-0.25, -0.2) is 31.9 Å². The molecule has 2 aliphatic carbocycles. The number of rotatable bonds is 19. The van der Waals surface area contributed by atoms with E-state index in [0.717, 1.165) is 42.7 Å². The lowest BCUT2D eigenvalue weighted by Gasteiger charge is -2.48. The van der Waals surface area contributed by atoms with Crippen LogP contribution in [0.4, 0.5) is 28.0 Å². The first-order valence-electron chi connectivity index (χ1n) is 23.3. The SMILES string of the molecule is CCCN(CCC)C(=O)C1(c2cc(F)cc(F)c2)C([C@@H](CC)CNCCOC(=O)Nc2ccc(F)cc2F)=C(C)C=C(C(=O)O)[C@H]1N.CCN(C(=O)c1cc(C)cc(C(=O)O)c1)C1CCCCC1. The Morgan fingerprint density at radius 2 is 1.46 bits per heavy atom. The molecule has 3 aromatic carbocycles. The number of aryl methyl sites for hydroxylation is 1. The minimum Gasteiger partial charge on any atom is -0.478 e. The van der Waals surface area contributed by atoms with Crippen molar-refractivity contribution in [2.45, 2.75) is 110 Å². The Morgan fingerprint density at radius 1 is 0.824 bits per heavy atom. The first-order valence-corrected chi connectivity index (χ1v) is 23.3. The number of aromatic carboxylic acids is 1. The van der Waals surface area contributed by atoms with Gasteiger partial charge in [0.25, 0.3) is 5.91 Å². The quantitative estimate of drug-likeness (QED) is 0.0572. The van der Waals surface area contributed by atoms with Crippen LogP contribution in [0, 0.1) is 36.1 Å². The van der Waals surface area contributed by atoms with Gasteiger partial charge in [0.1, 0.15) is 35.3 Å². The lowest BCUT2D eigenvalue weighted by atomic mass is 9.58. The number of benzene rings is 3. The second-order valence-corrected chi connectivity index (χ2v) is 17.2. The molecular formula is C51H65F4N5O8. The number of carboxylic acid groups (broad SMARTS) is 2. The van der Waals surface area contributed by atoms with Crippen molar-refractivity contribution >= 4 is 35.5 Å². The van der Waals surface area contributed by atoms with Gasteiger partial charge in [0.15, 0.2) is 0 Å². The van der Waals surface area contributed by atoms with Crippen LogP contribution in [0.3, 0.4) is 0 Å². The third kappa shape index (κ3) is 13.3. The number of anilines is 1. The van der Waals surface area contributed by atoms with Gasteiger partial charge >= 0.3 is 18.0 Å². The van der Waals surface area contributed by atoms with E-state index in [-0.39, 0.29) is 48.0 Å². The maximum atomic E-state index is 14.9. The van der Waals surface area contributed by atoms with E-state index >= 15 is 0 Å². The number of nitrogens with two attached hydrogens (primary N) is 1. The van der Waals surface area contributed by atoms with Crippen LogP contribution < -0.4 is 16.4 Å². The maximum Gasteiger partial charge on any atom is 0.411 e. The highest BCUT2D eigenvalue weighted by atomic mass is 19.1. The fourth-order valence-electron chi connectivity index (χ4n) is 9.38. The van der Waals surface area contributed by atoms with Gasteiger partial charge in [-0.2, -0.15) is 0 Å². The molecule has 3 aromatic rings. The summed E-state index contributed by atoms with van der Waals surface area (Å²) in [5.41, 5.74) is 6.52. The zero-order chi connectivity index (χ0) is 50.3. The Kier molecular flexibility index (Phi) is 20.3. The zero-order valence-electron chi connectivity index (χ0n) is 39.7. The molecule has 0 aliphatic heterocycles. The molecule has 17 heteroatoms. The second-order valence-electron chi connectivity index (χ2n) is 17.2. The summed E-state index contributed by atoms with van der Waals surface area (Å²) in [4.78, 5) is 66.8. The van der Waals surface area contributed by atoms with Gasteiger partial charge in [0, 0.05) is 56.5 Å². The van der Waals surface area contributed by atoms with Crippen molar-refractivity contribution in [3.63, 3.8) is 0 Å². The summed E-state index contributed by atoms with van der Waals surface area (Å²) >= 11 is 0. The lowest BCUT2D eigenvalue weighted by molar-refractivity contribution is -0.137. The predicted octanol–water partition coefficient (Wildman–Crippen LogP) is 9.15. The Hall–Kier alpha value is -6.07.